The van der Waals surface area contributed by atoms with Crippen LogP contribution in [0.25, 0.3) is 10.9 Å². The zero-order valence-electron chi connectivity index (χ0n) is 14.6. The summed E-state index contributed by atoms with van der Waals surface area (Å²) in [5.74, 6) is -0.507. The largest absolute Gasteiger partial charge is 0.380 e. The molecule has 6 nitrogen and oxygen atoms in total. The lowest BCUT2D eigenvalue weighted by Gasteiger charge is -2.22. The topological polar surface area (TPSA) is 103 Å². The zero-order chi connectivity index (χ0) is 18.5. The highest BCUT2D eigenvalue weighted by molar-refractivity contribution is 6.08. The van der Waals surface area contributed by atoms with E-state index < -0.39 is 5.91 Å². The first-order valence-electron chi connectivity index (χ1n) is 8.36. The van der Waals surface area contributed by atoms with Crippen molar-refractivity contribution in [3.05, 3.63) is 71.4 Å². The van der Waals surface area contributed by atoms with Crippen molar-refractivity contribution in [1.82, 2.24) is 4.98 Å². The van der Waals surface area contributed by atoms with Gasteiger partial charge in [-0.3, -0.25) is 9.78 Å². The number of nitrogens with one attached hydrogen (secondary N) is 1. The van der Waals surface area contributed by atoms with Crippen molar-refractivity contribution in [2.45, 2.75) is 12.6 Å². The molecule has 134 valence electrons. The van der Waals surface area contributed by atoms with Crippen molar-refractivity contribution in [1.29, 1.82) is 0 Å². The van der Waals surface area contributed by atoms with Crippen molar-refractivity contribution >= 4 is 22.5 Å². The van der Waals surface area contributed by atoms with E-state index in [9.17, 15) is 4.79 Å². The lowest BCUT2D eigenvalue weighted by atomic mass is 10.0. The van der Waals surface area contributed by atoms with Gasteiger partial charge in [0.1, 0.15) is 0 Å². The smallest absolute Gasteiger partial charge is 0.250 e. The van der Waals surface area contributed by atoms with Crippen molar-refractivity contribution < 1.29 is 9.53 Å². The maximum atomic E-state index is 11.8. The van der Waals surface area contributed by atoms with Gasteiger partial charge in [0.15, 0.2) is 0 Å². The molecule has 0 radical (unpaired) electrons. The van der Waals surface area contributed by atoms with Crippen LogP contribution in [0.1, 0.15) is 27.5 Å². The van der Waals surface area contributed by atoms with E-state index in [0.29, 0.717) is 24.2 Å². The molecule has 0 bridgehead atoms. The fraction of sp³-hybridized carbons (Fsp3) is 0.200. The molecule has 26 heavy (non-hydrogen) atoms. The Morgan fingerprint density at radius 3 is 2.62 bits per heavy atom. The number of nitrogens with zero attached hydrogens (tertiary/aromatic N) is 1. The van der Waals surface area contributed by atoms with Crippen LogP contribution in [0.4, 0.5) is 5.69 Å². The average molecular weight is 350 g/mol. The van der Waals surface area contributed by atoms with Crippen LogP contribution < -0.4 is 16.8 Å². The number of carbonyl (C=O) groups is 1. The van der Waals surface area contributed by atoms with E-state index >= 15 is 0 Å². The standard InChI is InChI=1S/C20H22N4O2/c1-26-12-14-11-23-19-15(8-5-9-16(19)20(22)25)18(14)24-17(10-21)13-6-3-2-4-7-13/h2-9,11,17H,10,12,21H2,1H3,(H2,22,25)(H,23,24)/t17-/m1/s1. The number of carbonyl (C=O) groups excluding carboxylic acids is 1. The molecule has 6 heteroatoms. The van der Waals surface area contributed by atoms with Gasteiger partial charge in [-0.25, -0.2) is 0 Å². The molecular formula is C20H22N4O2. The molecule has 1 amide bonds. The molecule has 1 aromatic heterocycles. The molecule has 0 unspecified atom stereocenters. The number of para-hydroxylation sites is 1. The number of methoxy groups -OCH3 is 1. The highest BCUT2D eigenvalue weighted by Crippen LogP contribution is 2.31. The third-order valence-corrected chi connectivity index (χ3v) is 4.30. The van der Waals surface area contributed by atoms with E-state index in [1.165, 1.54) is 0 Å². The minimum atomic E-state index is -0.507. The first-order valence-corrected chi connectivity index (χ1v) is 8.36. The number of nitrogens with two attached hydrogens (primary N) is 2. The maximum absolute atomic E-state index is 11.8. The van der Waals surface area contributed by atoms with E-state index in [2.05, 4.69) is 10.3 Å². The second kappa shape index (κ2) is 7.95. The summed E-state index contributed by atoms with van der Waals surface area (Å²) in [6.45, 7) is 0.800. The molecule has 2 aromatic carbocycles. The van der Waals surface area contributed by atoms with Gasteiger partial charge in [0.05, 0.1) is 29.4 Å². The van der Waals surface area contributed by atoms with Crippen molar-refractivity contribution in [3.63, 3.8) is 0 Å². The van der Waals surface area contributed by atoms with Crippen LogP contribution in [0, 0.1) is 0 Å². The summed E-state index contributed by atoms with van der Waals surface area (Å²) < 4.78 is 5.31. The number of primary amides is 1. The number of fused-ring (bicyclic) bond motifs is 1. The maximum Gasteiger partial charge on any atom is 0.250 e. The second-order valence-corrected chi connectivity index (χ2v) is 6.00. The molecule has 1 atom stereocenters. The first kappa shape index (κ1) is 17.8. The van der Waals surface area contributed by atoms with Gasteiger partial charge in [-0.2, -0.15) is 0 Å². The summed E-state index contributed by atoms with van der Waals surface area (Å²) in [6, 6.07) is 15.3. The highest BCUT2D eigenvalue weighted by Gasteiger charge is 2.17. The Bertz CT molecular complexity index is 912. The fourth-order valence-electron chi connectivity index (χ4n) is 3.04. The summed E-state index contributed by atoms with van der Waals surface area (Å²) in [6.07, 6.45) is 1.71. The van der Waals surface area contributed by atoms with E-state index in [4.69, 9.17) is 16.2 Å². The predicted molar refractivity (Wildman–Crippen MR) is 103 cm³/mol. The molecule has 0 aliphatic rings. The predicted octanol–water partition coefficient (Wildman–Crippen LogP) is 2.59. The number of amides is 1. The van der Waals surface area contributed by atoms with Crippen molar-refractivity contribution in [2.24, 2.45) is 11.5 Å². The number of hydrogen-bond donors (Lipinski definition) is 3. The summed E-state index contributed by atoms with van der Waals surface area (Å²) >= 11 is 0. The molecule has 5 N–H and O–H groups in total. The Labute approximate surface area is 152 Å². The Morgan fingerprint density at radius 2 is 1.96 bits per heavy atom. The number of rotatable bonds is 7. The molecule has 0 saturated carbocycles. The Morgan fingerprint density at radius 1 is 1.19 bits per heavy atom. The molecule has 0 aliphatic heterocycles. The van der Waals surface area contributed by atoms with Gasteiger partial charge in [-0.15, -0.1) is 0 Å². The van der Waals surface area contributed by atoms with Crippen molar-refractivity contribution in [3.8, 4) is 0 Å². The van der Waals surface area contributed by atoms with Gasteiger partial charge < -0.3 is 21.5 Å². The minimum Gasteiger partial charge on any atom is -0.380 e. The lowest BCUT2D eigenvalue weighted by Crippen LogP contribution is -2.22. The minimum absolute atomic E-state index is 0.0883. The average Bonchev–Trinajstić information content (AvgIpc) is 2.67. The summed E-state index contributed by atoms with van der Waals surface area (Å²) in [5.41, 5.74) is 15.3. The van der Waals surface area contributed by atoms with E-state index in [1.807, 2.05) is 36.4 Å². The van der Waals surface area contributed by atoms with Crippen LogP contribution in [-0.4, -0.2) is 24.5 Å². The molecule has 0 aliphatic carbocycles. The quantitative estimate of drug-likeness (QED) is 0.608. The summed E-state index contributed by atoms with van der Waals surface area (Å²) in [4.78, 5) is 16.2. The van der Waals surface area contributed by atoms with Gasteiger partial charge in [0, 0.05) is 30.8 Å². The van der Waals surface area contributed by atoms with Crippen molar-refractivity contribution in [2.75, 3.05) is 19.0 Å². The van der Waals surface area contributed by atoms with Gasteiger partial charge in [-0.1, -0.05) is 42.5 Å². The van der Waals surface area contributed by atoms with Gasteiger partial charge in [0.2, 0.25) is 0 Å². The number of ether oxygens (including phenoxy) is 1. The molecular weight excluding hydrogens is 328 g/mol. The first-order chi connectivity index (χ1) is 12.7. The van der Waals surface area contributed by atoms with Crippen LogP contribution in [0.3, 0.4) is 0 Å². The van der Waals surface area contributed by atoms with Crippen LogP contribution in [0.15, 0.2) is 54.7 Å². The Hall–Kier alpha value is -2.96. The third kappa shape index (κ3) is 3.51. The summed E-state index contributed by atoms with van der Waals surface area (Å²) in [7, 11) is 1.63. The number of aromatic nitrogens is 1. The molecule has 0 spiro atoms. The van der Waals surface area contributed by atoms with Crippen LogP contribution in [-0.2, 0) is 11.3 Å². The molecule has 1 heterocycles. The zero-order valence-corrected chi connectivity index (χ0v) is 14.6. The molecule has 0 fully saturated rings. The number of benzene rings is 2. The van der Waals surface area contributed by atoms with Gasteiger partial charge >= 0.3 is 0 Å². The number of anilines is 1. The lowest BCUT2D eigenvalue weighted by molar-refractivity contribution is 0.100. The fourth-order valence-corrected chi connectivity index (χ4v) is 3.04. The second-order valence-electron chi connectivity index (χ2n) is 6.00. The van der Waals surface area contributed by atoms with Gasteiger partial charge in [0.25, 0.3) is 5.91 Å². The monoisotopic (exact) mass is 350 g/mol. The van der Waals surface area contributed by atoms with E-state index in [0.717, 1.165) is 22.2 Å². The highest BCUT2D eigenvalue weighted by atomic mass is 16.5. The number of pyridine rings is 1. The Kier molecular flexibility index (Phi) is 5.46. The molecule has 0 saturated heterocycles. The van der Waals surface area contributed by atoms with Crippen LogP contribution in [0.2, 0.25) is 0 Å². The van der Waals surface area contributed by atoms with E-state index in [-0.39, 0.29) is 6.04 Å². The third-order valence-electron chi connectivity index (χ3n) is 4.30. The molecule has 3 rings (SSSR count). The van der Waals surface area contributed by atoms with Gasteiger partial charge in [-0.05, 0) is 11.6 Å². The molecule has 3 aromatic rings. The normalized spacial score (nSPS) is 12.1. The van der Waals surface area contributed by atoms with Crippen LogP contribution >= 0.6 is 0 Å². The number of hydrogen-bond acceptors (Lipinski definition) is 5. The van der Waals surface area contributed by atoms with Crippen LogP contribution in [0.5, 0.6) is 0 Å². The SMILES string of the molecule is COCc1cnc2c(C(N)=O)cccc2c1N[C@H](CN)c1ccccc1. The van der Waals surface area contributed by atoms with E-state index in [1.54, 1.807) is 25.4 Å². The Balaban J connectivity index is 2.14. The summed E-state index contributed by atoms with van der Waals surface area (Å²) in [5, 5.41) is 4.32.